The largest absolute Gasteiger partial charge is 0.382 e. The van der Waals surface area contributed by atoms with Gasteiger partial charge in [-0.2, -0.15) is 5.10 Å². The van der Waals surface area contributed by atoms with E-state index in [9.17, 15) is 4.39 Å². The van der Waals surface area contributed by atoms with E-state index in [1.54, 1.807) is 0 Å². The number of hydrogen-bond donors (Lipinski definition) is 4. The van der Waals surface area contributed by atoms with Crippen molar-refractivity contribution in [1.82, 2.24) is 15.0 Å². The monoisotopic (exact) mass is 458 g/mol. The molecule has 0 saturated heterocycles. The Bertz CT molecular complexity index is 1390. The minimum atomic E-state index is -0.233. The van der Waals surface area contributed by atoms with E-state index in [4.69, 9.17) is 5.73 Å². The van der Waals surface area contributed by atoms with E-state index in [0.29, 0.717) is 29.5 Å². The number of halogens is 1. The fourth-order valence-corrected chi connectivity index (χ4v) is 4.03. The molecule has 34 heavy (non-hydrogen) atoms. The summed E-state index contributed by atoms with van der Waals surface area (Å²) in [7, 11) is 0. The molecule has 174 valence electrons. The predicted molar refractivity (Wildman–Crippen MR) is 137 cm³/mol. The molecule has 0 spiro atoms. The second-order valence-corrected chi connectivity index (χ2v) is 8.04. The number of amidine groups is 1. The molecular weight excluding hydrogens is 431 g/mol. The van der Waals surface area contributed by atoms with Crippen LogP contribution in [0.2, 0.25) is 0 Å². The normalized spacial score (nSPS) is 11.6. The molecule has 0 fully saturated rings. The maximum atomic E-state index is 14.2. The zero-order valence-electron chi connectivity index (χ0n) is 19.4. The molecule has 9 heteroatoms. The lowest BCUT2D eigenvalue weighted by Gasteiger charge is -2.11. The van der Waals surface area contributed by atoms with E-state index in [1.165, 1.54) is 6.07 Å². The molecule has 2 heterocycles. The molecule has 2 aromatic heterocycles. The van der Waals surface area contributed by atoms with Gasteiger partial charge >= 0.3 is 0 Å². The Labute approximate surface area is 197 Å². The van der Waals surface area contributed by atoms with Crippen molar-refractivity contribution in [2.45, 2.75) is 27.2 Å². The summed E-state index contributed by atoms with van der Waals surface area (Å²) in [5, 5.41) is 14.9. The highest BCUT2D eigenvalue weighted by atomic mass is 19.1. The molecule has 4 rings (SSSR count). The quantitative estimate of drug-likeness (QED) is 0.173. The highest BCUT2D eigenvalue weighted by Crippen LogP contribution is 2.28. The highest BCUT2D eigenvalue weighted by molar-refractivity contribution is 5.98. The van der Waals surface area contributed by atoms with Gasteiger partial charge in [-0.3, -0.25) is 0 Å². The van der Waals surface area contributed by atoms with E-state index in [2.05, 4.69) is 42.5 Å². The van der Waals surface area contributed by atoms with Gasteiger partial charge in [-0.25, -0.2) is 14.4 Å². The molecule has 0 aliphatic rings. The molecule has 0 saturated carbocycles. The van der Waals surface area contributed by atoms with Gasteiger partial charge in [0, 0.05) is 41.7 Å². The summed E-state index contributed by atoms with van der Waals surface area (Å²) < 4.78 is 14.2. The first-order valence-electron chi connectivity index (χ1n) is 10.9. The van der Waals surface area contributed by atoms with Gasteiger partial charge in [0.2, 0.25) is 0 Å². The lowest BCUT2D eigenvalue weighted by atomic mass is 10.0. The third-order valence-electron chi connectivity index (χ3n) is 5.56. The Morgan fingerprint density at radius 1 is 1.12 bits per heavy atom. The van der Waals surface area contributed by atoms with Crippen molar-refractivity contribution >= 4 is 40.8 Å². The van der Waals surface area contributed by atoms with Gasteiger partial charge < -0.3 is 21.4 Å². The van der Waals surface area contributed by atoms with Gasteiger partial charge in [-0.05, 0) is 56.5 Å². The average molecular weight is 459 g/mol. The average Bonchev–Trinajstić information content (AvgIpc) is 3.14. The standard InChI is InChI=1S/C25H27FN8/c1-14-8-9-20(26)24-23(14)19(15(2)30-24)10-11-29-21-13-22(32-16(3)31-21)33-18-7-5-6-17(12-18)25(27)34-28-4/h5-9,12-13,30H,4,10-11H2,1-3H3,(H2,27,34)(H2,29,31,32,33). The molecule has 4 aromatic rings. The number of fused-ring (bicyclic) bond motifs is 1. The topological polar surface area (TPSA) is 116 Å². The second kappa shape index (κ2) is 9.70. The fourth-order valence-electron chi connectivity index (χ4n) is 4.03. The van der Waals surface area contributed by atoms with E-state index in [1.807, 2.05) is 57.2 Å². The van der Waals surface area contributed by atoms with E-state index in [-0.39, 0.29) is 11.7 Å². The predicted octanol–water partition coefficient (Wildman–Crippen LogP) is 4.74. The van der Waals surface area contributed by atoms with Crippen LogP contribution in [0.25, 0.3) is 10.9 Å². The van der Waals surface area contributed by atoms with Crippen molar-refractivity contribution in [3.05, 3.63) is 76.5 Å². The fraction of sp³-hybridized carbons (Fsp3) is 0.200. The van der Waals surface area contributed by atoms with Crippen LogP contribution in [0.5, 0.6) is 0 Å². The van der Waals surface area contributed by atoms with Gasteiger partial charge in [0.05, 0.1) is 5.52 Å². The number of nitrogens with one attached hydrogen (secondary N) is 3. The van der Waals surface area contributed by atoms with Crippen molar-refractivity contribution < 1.29 is 4.39 Å². The maximum absolute atomic E-state index is 14.2. The summed E-state index contributed by atoms with van der Waals surface area (Å²) in [5.41, 5.74) is 11.1. The first-order chi connectivity index (χ1) is 16.4. The van der Waals surface area contributed by atoms with Crippen LogP contribution in [0, 0.1) is 26.6 Å². The molecule has 8 nitrogen and oxygen atoms in total. The molecule has 0 radical (unpaired) electrons. The van der Waals surface area contributed by atoms with E-state index in [0.717, 1.165) is 39.9 Å². The van der Waals surface area contributed by atoms with Crippen LogP contribution in [-0.2, 0) is 6.42 Å². The number of aryl methyl sites for hydroxylation is 3. The molecule has 0 aliphatic carbocycles. The van der Waals surface area contributed by atoms with Gasteiger partial charge in [-0.1, -0.05) is 18.2 Å². The Hall–Kier alpha value is -4.27. The van der Waals surface area contributed by atoms with Gasteiger partial charge in [0.15, 0.2) is 5.84 Å². The zero-order chi connectivity index (χ0) is 24.2. The third-order valence-corrected chi connectivity index (χ3v) is 5.56. The summed E-state index contributed by atoms with van der Waals surface area (Å²) in [6.07, 6.45) is 0.722. The molecule has 0 atom stereocenters. The Morgan fingerprint density at radius 3 is 2.71 bits per heavy atom. The first kappa shape index (κ1) is 22.9. The van der Waals surface area contributed by atoms with Crippen molar-refractivity contribution in [1.29, 1.82) is 0 Å². The lowest BCUT2D eigenvalue weighted by molar-refractivity contribution is 0.637. The van der Waals surface area contributed by atoms with Crippen molar-refractivity contribution in [2.75, 3.05) is 17.2 Å². The van der Waals surface area contributed by atoms with Crippen LogP contribution >= 0.6 is 0 Å². The summed E-state index contributed by atoms with van der Waals surface area (Å²) >= 11 is 0. The van der Waals surface area contributed by atoms with Crippen LogP contribution in [0.15, 0.2) is 52.7 Å². The van der Waals surface area contributed by atoms with E-state index < -0.39 is 0 Å². The number of rotatable bonds is 8. The molecule has 0 unspecified atom stereocenters. The smallest absolute Gasteiger partial charge is 0.153 e. The molecule has 0 aliphatic heterocycles. The number of H-pyrrole nitrogens is 1. The first-order valence-corrected chi connectivity index (χ1v) is 10.9. The molecule has 2 aromatic carbocycles. The Morgan fingerprint density at radius 2 is 1.91 bits per heavy atom. The summed E-state index contributed by atoms with van der Waals surface area (Å²) in [4.78, 5) is 12.2. The Kier molecular flexibility index (Phi) is 6.53. The summed E-state index contributed by atoms with van der Waals surface area (Å²) in [5.74, 6) is 2.02. The van der Waals surface area contributed by atoms with Crippen LogP contribution in [0.3, 0.4) is 0 Å². The van der Waals surface area contributed by atoms with Crippen LogP contribution in [0.1, 0.15) is 28.2 Å². The second-order valence-electron chi connectivity index (χ2n) is 8.04. The Balaban J connectivity index is 1.49. The van der Waals surface area contributed by atoms with Crippen molar-refractivity contribution in [2.24, 2.45) is 15.9 Å². The molecule has 0 amide bonds. The van der Waals surface area contributed by atoms with E-state index >= 15 is 0 Å². The molecule has 0 bridgehead atoms. The van der Waals surface area contributed by atoms with Crippen LogP contribution in [0.4, 0.5) is 21.7 Å². The lowest BCUT2D eigenvalue weighted by Crippen LogP contribution is -2.13. The number of nitrogens with two attached hydrogens (primary N) is 1. The van der Waals surface area contributed by atoms with Crippen molar-refractivity contribution in [3.63, 3.8) is 0 Å². The SMILES string of the molecule is C=N/N=C(\N)c1cccc(Nc2cc(NCCc3c(C)[nH]c4c(F)ccc(C)c34)nc(C)n2)c1. The highest BCUT2D eigenvalue weighted by Gasteiger charge is 2.14. The minimum Gasteiger partial charge on any atom is -0.382 e. The molecule has 5 N–H and O–H groups in total. The maximum Gasteiger partial charge on any atom is 0.153 e. The van der Waals surface area contributed by atoms with Crippen molar-refractivity contribution in [3.8, 4) is 0 Å². The number of benzene rings is 2. The summed E-state index contributed by atoms with van der Waals surface area (Å²) in [6, 6.07) is 12.6. The molecular formula is C25H27FN8. The number of nitrogens with zero attached hydrogens (tertiary/aromatic N) is 4. The zero-order valence-corrected chi connectivity index (χ0v) is 19.4. The summed E-state index contributed by atoms with van der Waals surface area (Å²) in [6.45, 7) is 9.77. The van der Waals surface area contributed by atoms with Gasteiger partial charge in [-0.15, -0.1) is 5.10 Å². The number of hydrogen-bond acceptors (Lipinski definition) is 6. The minimum absolute atomic E-state index is 0.233. The van der Waals surface area contributed by atoms with Crippen LogP contribution in [-0.4, -0.2) is 34.0 Å². The van der Waals surface area contributed by atoms with Gasteiger partial charge in [0.25, 0.3) is 0 Å². The van der Waals surface area contributed by atoms with Gasteiger partial charge in [0.1, 0.15) is 23.3 Å². The number of anilines is 3. The number of aromatic nitrogens is 3. The van der Waals surface area contributed by atoms with Crippen LogP contribution < -0.4 is 16.4 Å². The third kappa shape index (κ3) is 4.88. The number of aromatic amines is 1.